The lowest BCUT2D eigenvalue weighted by molar-refractivity contribution is -0.130. The molecule has 1 N–H and O–H groups in total. The van der Waals surface area contributed by atoms with Crippen LogP contribution in [0.25, 0.3) is 16.7 Å². The number of carboxylic acid groups (broad SMARTS) is 1. The van der Waals surface area contributed by atoms with Gasteiger partial charge in [-0.05, 0) is 16.7 Å². The van der Waals surface area contributed by atoms with E-state index in [0.717, 1.165) is 11.1 Å². The molecule has 17 heavy (non-hydrogen) atoms. The van der Waals surface area contributed by atoms with E-state index in [9.17, 15) is 4.79 Å². The van der Waals surface area contributed by atoms with Crippen molar-refractivity contribution in [3.05, 3.63) is 66.7 Å². The number of benzene rings is 2. The summed E-state index contributed by atoms with van der Waals surface area (Å²) in [5.74, 6) is -0.992. The van der Waals surface area contributed by atoms with Gasteiger partial charge >= 0.3 is 5.97 Å². The van der Waals surface area contributed by atoms with Crippen LogP contribution in [0.4, 0.5) is 0 Å². The van der Waals surface area contributed by atoms with Gasteiger partial charge in [0.1, 0.15) is 0 Å². The first-order valence-electron chi connectivity index (χ1n) is 5.27. The Labute approximate surface area is 99.8 Å². The standard InChI is InChI=1S/C15H12O2/c1-11(15(16)17)13-9-5-6-10-14(13)12-7-3-2-4-8-12/h2-10H,1H2,(H,16,17). The number of carbonyl (C=O) groups is 1. The molecule has 0 atom stereocenters. The molecule has 2 heteroatoms. The summed E-state index contributed by atoms with van der Waals surface area (Å²) in [6.07, 6.45) is 0. The molecule has 0 bridgehead atoms. The molecule has 0 amide bonds. The Morgan fingerprint density at radius 3 is 2.18 bits per heavy atom. The average molecular weight is 224 g/mol. The van der Waals surface area contributed by atoms with Crippen LogP contribution in [0, 0.1) is 0 Å². The fourth-order valence-electron chi connectivity index (χ4n) is 1.73. The molecule has 0 heterocycles. The van der Waals surface area contributed by atoms with E-state index in [1.165, 1.54) is 0 Å². The summed E-state index contributed by atoms with van der Waals surface area (Å²) in [7, 11) is 0. The number of hydrogen-bond donors (Lipinski definition) is 1. The van der Waals surface area contributed by atoms with Crippen LogP contribution in [-0.2, 0) is 4.79 Å². The first-order chi connectivity index (χ1) is 8.20. The molecular weight excluding hydrogens is 212 g/mol. The molecule has 0 saturated heterocycles. The lowest BCUT2D eigenvalue weighted by Gasteiger charge is -2.09. The van der Waals surface area contributed by atoms with E-state index < -0.39 is 5.97 Å². The maximum atomic E-state index is 11.0. The van der Waals surface area contributed by atoms with E-state index >= 15 is 0 Å². The molecule has 0 unspecified atom stereocenters. The molecule has 0 aliphatic heterocycles. The average Bonchev–Trinajstić information content (AvgIpc) is 2.39. The highest BCUT2D eigenvalue weighted by atomic mass is 16.4. The minimum Gasteiger partial charge on any atom is -0.478 e. The Morgan fingerprint density at radius 1 is 0.941 bits per heavy atom. The minimum absolute atomic E-state index is 0.115. The summed E-state index contributed by atoms with van der Waals surface area (Å²) < 4.78 is 0. The van der Waals surface area contributed by atoms with E-state index in [4.69, 9.17) is 5.11 Å². The number of hydrogen-bond acceptors (Lipinski definition) is 1. The lowest BCUT2D eigenvalue weighted by Crippen LogP contribution is -1.99. The predicted octanol–water partition coefficient (Wildman–Crippen LogP) is 3.45. The Morgan fingerprint density at radius 2 is 1.53 bits per heavy atom. The highest BCUT2D eigenvalue weighted by molar-refractivity contribution is 6.16. The van der Waals surface area contributed by atoms with Crippen molar-refractivity contribution in [1.29, 1.82) is 0 Å². The zero-order chi connectivity index (χ0) is 12.3. The van der Waals surface area contributed by atoms with Crippen molar-refractivity contribution in [3.63, 3.8) is 0 Å². The predicted molar refractivity (Wildman–Crippen MR) is 68.5 cm³/mol. The molecule has 2 nitrogen and oxygen atoms in total. The van der Waals surface area contributed by atoms with Crippen LogP contribution in [0.2, 0.25) is 0 Å². The summed E-state index contributed by atoms with van der Waals surface area (Å²) in [5, 5.41) is 9.01. The second-order valence-electron chi connectivity index (χ2n) is 3.70. The fraction of sp³-hybridized carbons (Fsp3) is 0. The van der Waals surface area contributed by atoms with Crippen molar-refractivity contribution in [2.24, 2.45) is 0 Å². The van der Waals surface area contributed by atoms with Gasteiger partial charge in [0.2, 0.25) is 0 Å². The van der Waals surface area contributed by atoms with Crippen LogP contribution in [0.15, 0.2) is 61.2 Å². The second kappa shape index (κ2) is 4.66. The first kappa shape index (κ1) is 11.1. The van der Waals surface area contributed by atoms with Crippen molar-refractivity contribution >= 4 is 11.5 Å². The van der Waals surface area contributed by atoms with Crippen LogP contribution >= 0.6 is 0 Å². The maximum Gasteiger partial charge on any atom is 0.335 e. The molecule has 0 aliphatic carbocycles. The SMILES string of the molecule is C=C(C(=O)O)c1ccccc1-c1ccccc1. The summed E-state index contributed by atoms with van der Waals surface area (Å²) in [5.41, 5.74) is 2.65. The molecule has 2 aromatic rings. The summed E-state index contributed by atoms with van der Waals surface area (Å²) in [6, 6.07) is 17.1. The van der Waals surface area contributed by atoms with Gasteiger partial charge < -0.3 is 5.11 Å². The number of rotatable bonds is 3. The second-order valence-corrected chi connectivity index (χ2v) is 3.70. The van der Waals surface area contributed by atoms with Crippen LogP contribution in [0.5, 0.6) is 0 Å². The third-order valence-electron chi connectivity index (χ3n) is 2.60. The molecule has 0 saturated carbocycles. The topological polar surface area (TPSA) is 37.3 Å². The van der Waals surface area contributed by atoms with Gasteiger partial charge in [-0.3, -0.25) is 0 Å². The quantitative estimate of drug-likeness (QED) is 0.811. The molecule has 0 radical (unpaired) electrons. The maximum absolute atomic E-state index is 11.0. The van der Waals surface area contributed by atoms with Gasteiger partial charge in [0.15, 0.2) is 0 Å². The largest absolute Gasteiger partial charge is 0.478 e. The Hall–Kier alpha value is -2.35. The Bertz CT molecular complexity index is 556. The molecular formula is C15H12O2. The summed E-state index contributed by atoms with van der Waals surface area (Å²) >= 11 is 0. The summed E-state index contributed by atoms with van der Waals surface area (Å²) in [6.45, 7) is 3.61. The van der Waals surface area contributed by atoms with Crippen molar-refractivity contribution < 1.29 is 9.90 Å². The van der Waals surface area contributed by atoms with Crippen LogP contribution in [-0.4, -0.2) is 11.1 Å². The molecule has 2 rings (SSSR count). The first-order valence-corrected chi connectivity index (χ1v) is 5.27. The van der Waals surface area contributed by atoms with E-state index in [-0.39, 0.29) is 5.57 Å². The van der Waals surface area contributed by atoms with Crippen LogP contribution in [0.3, 0.4) is 0 Å². The zero-order valence-electron chi connectivity index (χ0n) is 9.26. The van der Waals surface area contributed by atoms with Gasteiger partial charge in [0.25, 0.3) is 0 Å². The third-order valence-corrected chi connectivity index (χ3v) is 2.60. The van der Waals surface area contributed by atoms with Crippen molar-refractivity contribution in [2.45, 2.75) is 0 Å². The fourth-order valence-corrected chi connectivity index (χ4v) is 1.73. The normalized spacial score (nSPS) is 9.88. The molecule has 2 aromatic carbocycles. The lowest BCUT2D eigenvalue weighted by atomic mass is 9.95. The highest BCUT2D eigenvalue weighted by Crippen LogP contribution is 2.27. The van der Waals surface area contributed by atoms with Crippen molar-refractivity contribution in [2.75, 3.05) is 0 Å². The van der Waals surface area contributed by atoms with E-state index in [1.807, 2.05) is 48.5 Å². The van der Waals surface area contributed by atoms with Gasteiger partial charge in [0.05, 0.1) is 5.57 Å². The molecule has 84 valence electrons. The molecule has 0 aliphatic rings. The van der Waals surface area contributed by atoms with Crippen molar-refractivity contribution in [3.8, 4) is 11.1 Å². The van der Waals surface area contributed by atoms with Crippen LogP contribution in [0.1, 0.15) is 5.56 Å². The van der Waals surface area contributed by atoms with Gasteiger partial charge in [-0.15, -0.1) is 0 Å². The zero-order valence-corrected chi connectivity index (χ0v) is 9.26. The van der Waals surface area contributed by atoms with Crippen LogP contribution < -0.4 is 0 Å². The Kier molecular flexibility index (Phi) is 3.06. The summed E-state index contributed by atoms with van der Waals surface area (Å²) in [4.78, 5) is 11.0. The van der Waals surface area contributed by atoms with Gasteiger partial charge in [0, 0.05) is 0 Å². The van der Waals surface area contributed by atoms with E-state index in [0.29, 0.717) is 5.56 Å². The van der Waals surface area contributed by atoms with E-state index in [2.05, 4.69) is 6.58 Å². The van der Waals surface area contributed by atoms with Gasteiger partial charge in [-0.25, -0.2) is 4.79 Å². The number of carboxylic acids is 1. The smallest absolute Gasteiger partial charge is 0.335 e. The minimum atomic E-state index is -0.992. The molecule has 0 fully saturated rings. The van der Waals surface area contributed by atoms with Gasteiger partial charge in [-0.1, -0.05) is 61.2 Å². The molecule has 0 aromatic heterocycles. The highest BCUT2D eigenvalue weighted by Gasteiger charge is 2.12. The van der Waals surface area contributed by atoms with Crippen molar-refractivity contribution in [1.82, 2.24) is 0 Å². The van der Waals surface area contributed by atoms with E-state index in [1.54, 1.807) is 6.07 Å². The number of aliphatic carboxylic acids is 1. The third kappa shape index (κ3) is 2.26. The Balaban J connectivity index is 2.56. The molecule has 0 spiro atoms. The van der Waals surface area contributed by atoms with Gasteiger partial charge in [-0.2, -0.15) is 0 Å². The monoisotopic (exact) mass is 224 g/mol.